The topological polar surface area (TPSA) is 46.2 Å². The number of benzene rings is 2. The zero-order valence-corrected chi connectivity index (χ0v) is 7.69. The first-order valence-electron chi connectivity index (χ1n) is 4.17. The molecule has 2 rings (SSSR count). The van der Waals surface area contributed by atoms with Crippen LogP contribution in [0.4, 0.5) is 23.2 Å². The fraction of sp³-hybridized carbons (Fsp3) is 0. The second-order valence-corrected chi connectivity index (χ2v) is 3.20. The summed E-state index contributed by atoms with van der Waals surface area (Å²) in [6, 6.07) is 1.15. The van der Waals surface area contributed by atoms with E-state index in [1.165, 1.54) is 0 Å². The SMILES string of the molecule is Nc1c(F)c(F)cc2c(O)c(F)c(F)cc12. The molecule has 0 saturated heterocycles. The molecular formula is C10H5F4NO. The van der Waals surface area contributed by atoms with Crippen LogP contribution >= 0.6 is 0 Å². The van der Waals surface area contributed by atoms with Gasteiger partial charge in [-0.1, -0.05) is 0 Å². The van der Waals surface area contributed by atoms with E-state index < -0.39 is 34.7 Å². The van der Waals surface area contributed by atoms with Crippen molar-refractivity contribution in [3.8, 4) is 5.75 Å². The number of nitrogen functional groups attached to an aromatic ring is 1. The molecule has 0 aliphatic carbocycles. The van der Waals surface area contributed by atoms with Gasteiger partial charge >= 0.3 is 0 Å². The van der Waals surface area contributed by atoms with Crippen LogP contribution in [0.25, 0.3) is 10.8 Å². The van der Waals surface area contributed by atoms with E-state index in [0.29, 0.717) is 12.1 Å². The number of rotatable bonds is 0. The lowest BCUT2D eigenvalue weighted by Crippen LogP contribution is -1.98. The minimum atomic E-state index is -1.53. The molecule has 0 aromatic heterocycles. The fourth-order valence-electron chi connectivity index (χ4n) is 1.43. The molecule has 0 aliphatic heterocycles. The third-order valence-corrected chi connectivity index (χ3v) is 2.24. The first-order valence-corrected chi connectivity index (χ1v) is 4.17. The van der Waals surface area contributed by atoms with Gasteiger partial charge in [0.2, 0.25) is 5.82 Å². The lowest BCUT2D eigenvalue weighted by molar-refractivity contribution is 0.412. The molecule has 0 fully saturated rings. The number of hydrogen-bond acceptors (Lipinski definition) is 2. The van der Waals surface area contributed by atoms with Gasteiger partial charge in [-0.2, -0.15) is 4.39 Å². The molecule has 0 radical (unpaired) electrons. The summed E-state index contributed by atoms with van der Waals surface area (Å²) in [5.41, 5.74) is 4.52. The average Bonchev–Trinajstić information content (AvgIpc) is 2.25. The Hall–Kier alpha value is -1.98. The predicted molar refractivity (Wildman–Crippen MR) is 49.9 cm³/mol. The number of fused-ring (bicyclic) bond motifs is 1. The monoisotopic (exact) mass is 231 g/mol. The summed E-state index contributed by atoms with van der Waals surface area (Å²) in [4.78, 5) is 0. The molecule has 2 nitrogen and oxygen atoms in total. The zero-order valence-electron chi connectivity index (χ0n) is 7.69. The number of anilines is 1. The zero-order chi connectivity index (χ0) is 12.0. The van der Waals surface area contributed by atoms with Crippen LogP contribution in [0, 0.1) is 23.3 Å². The Bertz CT molecular complexity index is 544. The van der Waals surface area contributed by atoms with Gasteiger partial charge in [-0.15, -0.1) is 0 Å². The molecule has 0 saturated carbocycles. The molecule has 2 aromatic carbocycles. The van der Waals surface area contributed by atoms with Crippen molar-refractivity contribution in [1.29, 1.82) is 0 Å². The summed E-state index contributed by atoms with van der Waals surface area (Å²) < 4.78 is 51.8. The minimum Gasteiger partial charge on any atom is -0.504 e. The Morgan fingerprint density at radius 2 is 1.38 bits per heavy atom. The number of phenols is 1. The third-order valence-electron chi connectivity index (χ3n) is 2.24. The van der Waals surface area contributed by atoms with Crippen LogP contribution in [0.5, 0.6) is 5.75 Å². The maximum Gasteiger partial charge on any atom is 0.201 e. The van der Waals surface area contributed by atoms with E-state index in [1.807, 2.05) is 0 Å². The lowest BCUT2D eigenvalue weighted by atomic mass is 10.1. The number of nitrogens with two attached hydrogens (primary N) is 1. The molecule has 2 aromatic rings. The van der Waals surface area contributed by atoms with Gasteiger partial charge in [-0.05, 0) is 12.1 Å². The summed E-state index contributed by atoms with van der Waals surface area (Å²) >= 11 is 0. The lowest BCUT2D eigenvalue weighted by Gasteiger charge is -2.07. The summed E-state index contributed by atoms with van der Waals surface area (Å²) in [6.45, 7) is 0. The smallest absolute Gasteiger partial charge is 0.201 e. The van der Waals surface area contributed by atoms with Crippen molar-refractivity contribution in [1.82, 2.24) is 0 Å². The first kappa shape index (κ1) is 10.5. The van der Waals surface area contributed by atoms with Crippen molar-refractivity contribution in [2.24, 2.45) is 0 Å². The minimum absolute atomic E-state index is 0.282. The summed E-state index contributed by atoms with van der Waals surface area (Å²) in [5.74, 6) is -6.72. The number of hydrogen-bond donors (Lipinski definition) is 2. The van der Waals surface area contributed by atoms with Crippen molar-refractivity contribution < 1.29 is 22.7 Å². The highest BCUT2D eigenvalue weighted by atomic mass is 19.2. The molecular weight excluding hydrogens is 226 g/mol. The van der Waals surface area contributed by atoms with E-state index in [0.717, 1.165) is 0 Å². The fourth-order valence-corrected chi connectivity index (χ4v) is 1.43. The van der Waals surface area contributed by atoms with Crippen molar-refractivity contribution >= 4 is 16.5 Å². The van der Waals surface area contributed by atoms with E-state index >= 15 is 0 Å². The van der Waals surface area contributed by atoms with Gasteiger partial charge in [-0.25, -0.2) is 13.2 Å². The van der Waals surface area contributed by atoms with Gasteiger partial charge in [0, 0.05) is 10.8 Å². The molecule has 6 heteroatoms. The predicted octanol–water partition coefficient (Wildman–Crippen LogP) is 2.68. The van der Waals surface area contributed by atoms with Crippen LogP contribution in [0.2, 0.25) is 0 Å². The van der Waals surface area contributed by atoms with Gasteiger partial charge < -0.3 is 10.8 Å². The van der Waals surface area contributed by atoms with Crippen LogP contribution in [-0.4, -0.2) is 5.11 Å². The quantitative estimate of drug-likeness (QED) is 0.540. The number of halogens is 4. The molecule has 0 heterocycles. The molecule has 3 N–H and O–H groups in total. The highest BCUT2D eigenvalue weighted by molar-refractivity contribution is 5.97. The first-order chi connectivity index (χ1) is 7.43. The van der Waals surface area contributed by atoms with Crippen LogP contribution in [0.1, 0.15) is 0 Å². The van der Waals surface area contributed by atoms with Crippen LogP contribution in [0.3, 0.4) is 0 Å². The maximum absolute atomic E-state index is 13.0. The molecule has 0 amide bonds. The van der Waals surface area contributed by atoms with Crippen molar-refractivity contribution in [3.63, 3.8) is 0 Å². The molecule has 0 spiro atoms. The summed E-state index contributed by atoms with van der Waals surface area (Å²) in [6.07, 6.45) is 0. The number of aromatic hydroxyl groups is 1. The molecule has 0 aliphatic rings. The summed E-state index contributed by atoms with van der Waals surface area (Å²) in [5, 5.41) is 8.56. The van der Waals surface area contributed by atoms with Gasteiger partial charge in [0.25, 0.3) is 0 Å². The summed E-state index contributed by atoms with van der Waals surface area (Å²) in [7, 11) is 0. The molecule has 0 bridgehead atoms. The third kappa shape index (κ3) is 1.26. The highest BCUT2D eigenvalue weighted by Crippen LogP contribution is 2.35. The maximum atomic E-state index is 13.0. The average molecular weight is 231 g/mol. The Labute approximate surface area is 86.9 Å². The van der Waals surface area contributed by atoms with E-state index in [-0.39, 0.29) is 10.8 Å². The van der Waals surface area contributed by atoms with Crippen molar-refractivity contribution in [2.75, 3.05) is 5.73 Å². The van der Waals surface area contributed by atoms with Crippen molar-refractivity contribution in [2.45, 2.75) is 0 Å². The van der Waals surface area contributed by atoms with E-state index in [4.69, 9.17) is 5.73 Å². The molecule has 84 valence electrons. The van der Waals surface area contributed by atoms with Crippen molar-refractivity contribution in [3.05, 3.63) is 35.4 Å². The number of phenolic OH excluding ortho intramolecular Hbond substituents is 1. The second-order valence-electron chi connectivity index (χ2n) is 3.20. The van der Waals surface area contributed by atoms with Crippen LogP contribution < -0.4 is 5.73 Å². The normalized spacial score (nSPS) is 11.0. The molecule has 0 unspecified atom stereocenters. The van der Waals surface area contributed by atoms with E-state index in [1.54, 1.807) is 0 Å². The van der Waals surface area contributed by atoms with E-state index in [9.17, 15) is 22.7 Å². The van der Waals surface area contributed by atoms with Gasteiger partial charge in [0.1, 0.15) is 0 Å². The van der Waals surface area contributed by atoms with Gasteiger partial charge in [0.15, 0.2) is 23.2 Å². The standard InChI is InChI=1S/C10H5F4NO/c11-5-2-4-3(9(15)7(5)13)1-6(12)8(14)10(4)16/h1-2,16H,15H2. The molecule has 16 heavy (non-hydrogen) atoms. The Balaban J connectivity index is 3.02. The largest absolute Gasteiger partial charge is 0.504 e. The Kier molecular flexibility index (Phi) is 2.15. The Morgan fingerprint density at radius 3 is 2.00 bits per heavy atom. The highest BCUT2D eigenvalue weighted by Gasteiger charge is 2.18. The van der Waals surface area contributed by atoms with E-state index in [2.05, 4.69) is 0 Å². The van der Waals surface area contributed by atoms with Gasteiger partial charge in [0.05, 0.1) is 5.69 Å². The van der Waals surface area contributed by atoms with Crippen LogP contribution in [0.15, 0.2) is 12.1 Å². The second kappa shape index (κ2) is 3.26. The van der Waals surface area contributed by atoms with Crippen LogP contribution in [-0.2, 0) is 0 Å². The molecule has 0 atom stereocenters. The van der Waals surface area contributed by atoms with Gasteiger partial charge in [-0.3, -0.25) is 0 Å². The Morgan fingerprint density at radius 1 is 0.875 bits per heavy atom.